The van der Waals surface area contributed by atoms with Gasteiger partial charge in [-0.05, 0) is 11.6 Å². The Hall–Kier alpha value is 1.22. The minimum absolute atomic E-state index is 0. The van der Waals surface area contributed by atoms with Crippen molar-refractivity contribution in [3.63, 3.8) is 0 Å². The fraction of sp³-hybridized carbons (Fsp3) is 0.200. The monoisotopic (exact) mass is 324 g/mol. The first-order chi connectivity index (χ1) is 7.73. The predicted octanol–water partition coefficient (Wildman–Crippen LogP) is -6.70. The summed E-state index contributed by atoms with van der Waals surface area (Å²) in [4.78, 5) is 21.0. The van der Waals surface area contributed by atoms with Crippen LogP contribution in [0, 0.1) is 0 Å². The van der Waals surface area contributed by atoms with Gasteiger partial charge in [-0.2, -0.15) is 13.2 Å². The third kappa shape index (κ3) is 6.68. The van der Waals surface area contributed by atoms with Gasteiger partial charge in [0, 0.05) is 0 Å². The van der Waals surface area contributed by atoms with Crippen LogP contribution in [0.4, 0.5) is 13.2 Å². The number of carbonyl (C=O) groups excluding carboxylic acids is 2. The van der Waals surface area contributed by atoms with E-state index in [0.29, 0.717) is 12.1 Å². The minimum Gasteiger partial charge on any atom is -0.549 e. The van der Waals surface area contributed by atoms with Crippen LogP contribution in [0.25, 0.3) is 0 Å². The second kappa shape index (κ2) is 9.28. The van der Waals surface area contributed by atoms with Gasteiger partial charge in [-0.25, -0.2) is 0 Å². The van der Waals surface area contributed by atoms with Gasteiger partial charge in [-0.15, -0.1) is 0 Å². The first kappa shape index (κ1) is 22.5. The van der Waals surface area contributed by atoms with Crippen LogP contribution in [0.1, 0.15) is 17.0 Å². The molecule has 0 aromatic heterocycles. The molecule has 0 radical (unpaired) electrons. The number of alkyl halides is 3. The summed E-state index contributed by atoms with van der Waals surface area (Å²) in [5.74, 6) is -6.27. The van der Waals surface area contributed by atoms with Crippen molar-refractivity contribution < 1.29 is 136 Å². The summed E-state index contributed by atoms with van der Waals surface area (Å²) in [6.45, 7) is 0. The summed E-state index contributed by atoms with van der Waals surface area (Å²) in [6.07, 6.45) is -4.68. The molecule has 1 aromatic rings. The van der Waals surface area contributed by atoms with E-state index in [4.69, 9.17) is 0 Å². The molecule has 0 fully saturated rings. The number of benzene rings is 1. The van der Waals surface area contributed by atoms with Crippen LogP contribution in [-0.2, 0) is 15.8 Å². The molecule has 0 aliphatic rings. The van der Waals surface area contributed by atoms with Crippen molar-refractivity contribution >= 4 is 11.9 Å². The quantitative estimate of drug-likeness (QED) is 0.409. The molecule has 0 unspecified atom stereocenters. The summed E-state index contributed by atoms with van der Waals surface area (Å²) in [6, 6.07) is 3.00. The van der Waals surface area contributed by atoms with E-state index in [2.05, 4.69) is 0 Å². The second-order valence-electron chi connectivity index (χ2n) is 3.19. The summed E-state index contributed by atoms with van der Waals surface area (Å²) in [7, 11) is 0. The molecule has 19 heavy (non-hydrogen) atoms. The average molecular weight is 324 g/mol. The largest absolute Gasteiger partial charge is 1.00 e. The number of rotatable bonds is 3. The Morgan fingerprint density at radius 1 is 1.05 bits per heavy atom. The molecule has 4 nitrogen and oxygen atoms in total. The van der Waals surface area contributed by atoms with E-state index in [1.165, 1.54) is 0 Å². The third-order valence-electron chi connectivity index (χ3n) is 2.02. The number of hydrogen-bond acceptors (Lipinski definition) is 4. The molecule has 1 aromatic carbocycles. The van der Waals surface area contributed by atoms with Crippen LogP contribution in [-0.4, -0.2) is 11.9 Å². The molecule has 92 valence electrons. The van der Waals surface area contributed by atoms with Gasteiger partial charge < -0.3 is 19.8 Å². The van der Waals surface area contributed by atoms with Crippen molar-refractivity contribution in [3.8, 4) is 0 Å². The van der Waals surface area contributed by atoms with Crippen LogP contribution >= 0.6 is 0 Å². The molecule has 0 saturated carbocycles. The van der Waals surface area contributed by atoms with E-state index < -0.39 is 35.2 Å². The van der Waals surface area contributed by atoms with E-state index in [1.54, 1.807) is 0 Å². The van der Waals surface area contributed by atoms with Gasteiger partial charge in [0.2, 0.25) is 0 Å². The number of halogens is 3. The Morgan fingerprint density at radius 3 is 1.89 bits per heavy atom. The fourth-order valence-electron chi connectivity index (χ4n) is 1.26. The molecular weight excluding hydrogens is 319 g/mol. The number of hydrogen-bond donors (Lipinski definition) is 0. The number of carboxylic acid groups (broad SMARTS) is 2. The summed E-state index contributed by atoms with van der Waals surface area (Å²) in [5, 5.41) is 21.0. The smallest absolute Gasteiger partial charge is 0.549 e. The zero-order chi connectivity index (χ0) is 13.2. The molecule has 0 saturated heterocycles. The van der Waals surface area contributed by atoms with Gasteiger partial charge >= 0.3 is 109 Å². The van der Waals surface area contributed by atoms with Gasteiger partial charge in [0.05, 0.1) is 23.4 Å². The maximum absolute atomic E-state index is 12.3. The fourth-order valence-corrected chi connectivity index (χ4v) is 1.26. The van der Waals surface area contributed by atoms with E-state index in [-0.39, 0.29) is 103 Å². The van der Waals surface area contributed by atoms with Crippen molar-refractivity contribution in [2.24, 2.45) is 0 Å². The van der Waals surface area contributed by atoms with Crippen LogP contribution in [0.3, 0.4) is 0 Å². The maximum Gasteiger partial charge on any atom is 1.00 e. The SMILES string of the molecule is O=C([O-])C(C(=O)[O-])c1cccc(C(F)(F)F)c1.[K+].[K+]. The number of carbonyl (C=O) groups is 2. The third-order valence-corrected chi connectivity index (χ3v) is 2.02. The summed E-state index contributed by atoms with van der Waals surface area (Å²) in [5.41, 5.74) is -1.68. The van der Waals surface area contributed by atoms with Gasteiger partial charge in [-0.1, -0.05) is 18.2 Å². The first-order valence-electron chi connectivity index (χ1n) is 4.32. The molecule has 0 aliphatic heterocycles. The Kier molecular flexibility index (Phi) is 11.0. The van der Waals surface area contributed by atoms with Crippen molar-refractivity contribution in [2.75, 3.05) is 0 Å². The molecule has 0 heterocycles. The number of aliphatic carboxylic acids is 2. The summed E-state index contributed by atoms with van der Waals surface area (Å²) >= 11 is 0. The predicted molar refractivity (Wildman–Crippen MR) is 44.2 cm³/mol. The zero-order valence-corrected chi connectivity index (χ0v) is 16.4. The van der Waals surface area contributed by atoms with Gasteiger partial charge in [0.25, 0.3) is 0 Å². The van der Waals surface area contributed by atoms with Gasteiger partial charge in [-0.3, -0.25) is 0 Å². The zero-order valence-electron chi connectivity index (χ0n) is 10.2. The van der Waals surface area contributed by atoms with Crippen LogP contribution in [0.15, 0.2) is 24.3 Å². The van der Waals surface area contributed by atoms with Crippen molar-refractivity contribution in [1.82, 2.24) is 0 Å². The van der Waals surface area contributed by atoms with Crippen LogP contribution in [0.5, 0.6) is 0 Å². The van der Waals surface area contributed by atoms with E-state index in [0.717, 1.165) is 12.1 Å². The molecule has 0 spiro atoms. The molecule has 0 aliphatic carbocycles. The van der Waals surface area contributed by atoms with Gasteiger partial charge in [0.1, 0.15) is 0 Å². The molecule has 0 bridgehead atoms. The topological polar surface area (TPSA) is 80.3 Å². The molecule has 0 amide bonds. The average Bonchev–Trinajstić information content (AvgIpc) is 2.15. The van der Waals surface area contributed by atoms with Crippen LogP contribution < -0.4 is 113 Å². The molecule has 0 atom stereocenters. The van der Waals surface area contributed by atoms with E-state index in [9.17, 15) is 33.0 Å². The molecule has 9 heteroatoms. The number of carboxylic acids is 2. The molecular formula is C10H5F3K2O4. The Labute approximate surface area is 191 Å². The Bertz CT molecular complexity index is 448. The van der Waals surface area contributed by atoms with Crippen molar-refractivity contribution in [3.05, 3.63) is 35.4 Å². The van der Waals surface area contributed by atoms with E-state index >= 15 is 0 Å². The van der Waals surface area contributed by atoms with Crippen molar-refractivity contribution in [2.45, 2.75) is 12.1 Å². The normalized spacial score (nSPS) is 10.3. The maximum atomic E-state index is 12.3. The van der Waals surface area contributed by atoms with E-state index in [1.807, 2.05) is 0 Å². The van der Waals surface area contributed by atoms with Crippen LogP contribution in [0.2, 0.25) is 0 Å². The Morgan fingerprint density at radius 2 is 1.53 bits per heavy atom. The first-order valence-corrected chi connectivity index (χ1v) is 4.32. The Balaban J connectivity index is 0. The standard InChI is InChI=1S/C10H7F3O4.2K/c11-10(12,13)6-3-1-2-5(4-6)7(8(14)15)9(16)17;;/h1-4,7H,(H,14,15)(H,16,17);;/q;2*+1/p-2. The molecule has 0 N–H and O–H groups in total. The summed E-state index contributed by atoms with van der Waals surface area (Å²) < 4.78 is 36.9. The molecule has 1 rings (SSSR count). The minimum atomic E-state index is -4.68. The van der Waals surface area contributed by atoms with Crippen molar-refractivity contribution in [1.29, 1.82) is 0 Å². The second-order valence-corrected chi connectivity index (χ2v) is 3.19. The van der Waals surface area contributed by atoms with Gasteiger partial charge in [0.15, 0.2) is 0 Å².